The second kappa shape index (κ2) is 4.38. The summed E-state index contributed by atoms with van der Waals surface area (Å²) in [4.78, 5) is 2.27. The van der Waals surface area contributed by atoms with E-state index in [4.69, 9.17) is 10.5 Å². The van der Waals surface area contributed by atoms with Crippen LogP contribution in [-0.2, 0) is 4.74 Å². The van der Waals surface area contributed by atoms with E-state index in [2.05, 4.69) is 10.2 Å². The van der Waals surface area contributed by atoms with Crippen LogP contribution in [0.25, 0.3) is 0 Å². The van der Waals surface area contributed by atoms with Gasteiger partial charge in [0.2, 0.25) is 0 Å². The highest BCUT2D eigenvalue weighted by Crippen LogP contribution is 2.28. The van der Waals surface area contributed by atoms with E-state index in [1.165, 1.54) is 12.1 Å². The zero-order valence-electron chi connectivity index (χ0n) is 9.07. The third-order valence-electron chi connectivity index (χ3n) is 2.97. The molecular weight excluding hydrogens is 194 g/mol. The van der Waals surface area contributed by atoms with Crippen LogP contribution in [0.4, 0.5) is 0 Å². The largest absolute Gasteiger partial charge is 0.368 e. The second-order valence-corrected chi connectivity index (χ2v) is 3.93. The van der Waals surface area contributed by atoms with Crippen LogP contribution in [-0.4, -0.2) is 42.2 Å². The Morgan fingerprint density at radius 3 is 3.20 bits per heavy atom. The summed E-state index contributed by atoms with van der Waals surface area (Å²) in [6, 6.07) is -0.456. The zero-order chi connectivity index (χ0) is 10.8. The summed E-state index contributed by atoms with van der Waals surface area (Å²) in [5, 5.41) is 12.9. The van der Waals surface area contributed by atoms with Crippen molar-refractivity contribution in [2.45, 2.75) is 32.1 Å². The molecule has 0 spiro atoms. The predicted octanol–water partition coefficient (Wildman–Crippen LogP) is -0.463. The van der Waals surface area contributed by atoms with E-state index in [-0.39, 0.29) is 0 Å². The Labute approximate surface area is 89.9 Å². The van der Waals surface area contributed by atoms with Gasteiger partial charge in [-0.25, -0.2) is 0 Å². The van der Waals surface area contributed by atoms with Gasteiger partial charge in [-0.1, -0.05) is 0 Å². The normalized spacial score (nSPS) is 24.1. The SMILES string of the molecule is CCOC(O)C(N)C1=C2CCCN2CN1. The topological polar surface area (TPSA) is 70.8 Å². The minimum Gasteiger partial charge on any atom is -0.368 e. The molecule has 0 aliphatic carbocycles. The molecule has 0 radical (unpaired) electrons. The van der Waals surface area contributed by atoms with Crippen LogP contribution in [0.3, 0.4) is 0 Å². The van der Waals surface area contributed by atoms with Crippen molar-refractivity contribution in [3.8, 4) is 0 Å². The first-order chi connectivity index (χ1) is 7.24. The third-order valence-corrected chi connectivity index (χ3v) is 2.97. The zero-order valence-corrected chi connectivity index (χ0v) is 9.07. The van der Waals surface area contributed by atoms with Crippen molar-refractivity contribution in [2.24, 2.45) is 5.73 Å². The fraction of sp³-hybridized carbons (Fsp3) is 0.800. The molecule has 5 heteroatoms. The van der Waals surface area contributed by atoms with Gasteiger partial charge in [0.05, 0.1) is 18.4 Å². The molecule has 4 N–H and O–H groups in total. The highest BCUT2D eigenvalue weighted by Gasteiger charge is 2.31. The van der Waals surface area contributed by atoms with Gasteiger partial charge in [0.25, 0.3) is 0 Å². The molecule has 2 atom stereocenters. The number of aliphatic hydroxyl groups is 1. The number of ether oxygens (including phenoxy) is 1. The van der Waals surface area contributed by atoms with Crippen molar-refractivity contribution < 1.29 is 9.84 Å². The van der Waals surface area contributed by atoms with Gasteiger partial charge in [-0.2, -0.15) is 0 Å². The number of fused-ring (bicyclic) bond motifs is 1. The van der Waals surface area contributed by atoms with Crippen molar-refractivity contribution in [3.05, 3.63) is 11.4 Å². The van der Waals surface area contributed by atoms with Crippen LogP contribution in [0.5, 0.6) is 0 Å². The van der Waals surface area contributed by atoms with E-state index in [0.29, 0.717) is 6.61 Å². The number of hydrogen-bond acceptors (Lipinski definition) is 5. The molecule has 86 valence electrons. The molecule has 1 fully saturated rings. The Kier molecular flexibility index (Phi) is 3.14. The van der Waals surface area contributed by atoms with Crippen LogP contribution < -0.4 is 11.1 Å². The van der Waals surface area contributed by atoms with Crippen molar-refractivity contribution in [1.82, 2.24) is 10.2 Å². The Morgan fingerprint density at radius 2 is 2.47 bits per heavy atom. The molecule has 0 aromatic carbocycles. The Morgan fingerprint density at radius 1 is 1.67 bits per heavy atom. The minimum atomic E-state index is -0.912. The number of rotatable bonds is 4. The quantitative estimate of drug-likeness (QED) is 0.551. The van der Waals surface area contributed by atoms with Crippen molar-refractivity contribution in [2.75, 3.05) is 19.8 Å². The molecule has 2 aliphatic heterocycles. The second-order valence-electron chi connectivity index (χ2n) is 3.93. The number of nitrogens with one attached hydrogen (secondary N) is 1. The molecule has 2 rings (SSSR count). The maximum absolute atomic E-state index is 9.66. The molecule has 2 unspecified atom stereocenters. The summed E-state index contributed by atoms with van der Waals surface area (Å²) in [6.45, 7) is 4.22. The van der Waals surface area contributed by atoms with Gasteiger partial charge in [-0.15, -0.1) is 0 Å². The van der Waals surface area contributed by atoms with Crippen molar-refractivity contribution in [1.29, 1.82) is 0 Å². The Hall–Kier alpha value is -0.780. The van der Waals surface area contributed by atoms with Crippen LogP contribution in [0.15, 0.2) is 11.4 Å². The number of aliphatic hydroxyl groups excluding tert-OH is 1. The number of nitrogens with two attached hydrogens (primary N) is 1. The number of allylic oxidation sites excluding steroid dienone is 1. The van der Waals surface area contributed by atoms with Gasteiger partial charge in [-0.3, -0.25) is 0 Å². The molecule has 2 aliphatic rings. The first kappa shape index (κ1) is 10.7. The molecule has 0 amide bonds. The summed E-state index contributed by atoms with van der Waals surface area (Å²) < 4.78 is 5.10. The average Bonchev–Trinajstić information content (AvgIpc) is 2.77. The lowest BCUT2D eigenvalue weighted by molar-refractivity contribution is -0.103. The lowest BCUT2D eigenvalue weighted by Crippen LogP contribution is -2.42. The van der Waals surface area contributed by atoms with Gasteiger partial charge in [-0.05, 0) is 19.8 Å². The molecule has 0 saturated carbocycles. The highest BCUT2D eigenvalue weighted by atomic mass is 16.6. The summed E-state index contributed by atoms with van der Waals surface area (Å²) in [6.07, 6.45) is 1.32. The Bertz CT molecular complexity index is 267. The molecule has 0 bridgehead atoms. The third kappa shape index (κ3) is 1.95. The average molecular weight is 213 g/mol. The molecule has 0 aromatic heterocycles. The Balaban J connectivity index is 2.06. The molecule has 2 heterocycles. The smallest absolute Gasteiger partial charge is 0.175 e. The summed E-state index contributed by atoms with van der Waals surface area (Å²) in [7, 11) is 0. The van der Waals surface area contributed by atoms with Crippen molar-refractivity contribution in [3.63, 3.8) is 0 Å². The van der Waals surface area contributed by atoms with E-state index in [9.17, 15) is 5.11 Å². The molecular formula is C10H19N3O2. The van der Waals surface area contributed by atoms with Gasteiger partial charge in [0, 0.05) is 18.8 Å². The van der Waals surface area contributed by atoms with Crippen LogP contribution in [0.2, 0.25) is 0 Å². The van der Waals surface area contributed by atoms with Crippen molar-refractivity contribution >= 4 is 0 Å². The van der Waals surface area contributed by atoms with E-state index < -0.39 is 12.3 Å². The highest BCUT2D eigenvalue weighted by molar-refractivity contribution is 5.24. The summed E-state index contributed by atoms with van der Waals surface area (Å²) in [5.41, 5.74) is 8.15. The van der Waals surface area contributed by atoms with E-state index in [1.807, 2.05) is 6.92 Å². The summed E-state index contributed by atoms with van der Waals surface area (Å²) >= 11 is 0. The van der Waals surface area contributed by atoms with E-state index in [1.54, 1.807) is 0 Å². The maximum atomic E-state index is 9.66. The minimum absolute atomic E-state index is 0.456. The molecule has 0 aromatic rings. The van der Waals surface area contributed by atoms with Crippen LogP contribution >= 0.6 is 0 Å². The van der Waals surface area contributed by atoms with Crippen LogP contribution in [0.1, 0.15) is 19.8 Å². The monoisotopic (exact) mass is 213 g/mol. The van der Waals surface area contributed by atoms with Gasteiger partial charge < -0.3 is 25.8 Å². The van der Waals surface area contributed by atoms with Gasteiger partial charge >= 0.3 is 0 Å². The summed E-state index contributed by atoms with van der Waals surface area (Å²) in [5.74, 6) is 0. The first-order valence-electron chi connectivity index (χ1n) is 5.51. The number of nitrogens with zero attached hydrogens (tertiary/aromatic N) is 1. The van der Waals surface area contributed by atoms with E-state index in [0.717, 1.165) is 25.3 Å². The first-order valence-corrected chi connectivity index (χ1v) is 5.51. The maximum Gasteiger partial charge on any atom is 0.175 e. The van der Waals surface area contributed by atoms with Gasteiger partial charge in [0.15, 0.2) is 6.29 Å². The number of hydrogen-bond donors (Lipinski definition) is 3. The fourth-order valence-electron chi connectivity index (χ4n) is 2.22. The van der Waals surface area contributed by atoms with E-state index >= 15 is 0 Å². The molecule has 15 heavy (non-hydrogen) atoms. The molecule has 1 saturated heterocycles. The molecule has 5 nitrogen and oxygen atoms in total. The fourth-order valence-corrected chi connectivity index (χ4v) is 2.22. The predicted molar refractivity (Wildman–Crippen MR) is 56.6 cm³/mol. The lowest BCUT2D eigenvalue weighted by Gasteiger charge is -2.20. The lowest BCUT2D eigenvalue weighted by atomic mass is 10.1. The van der Waals surface area contributed by atoms with Crippen LogP contribution in [0, 0.1) is 0 Å². The van der Waals surface area contributed by atoms with Gasteiger partial charge in [0.1, 0.15) is 0 Å². The standard InChI is InChI=1S/C10H19N3O2/c1-2-15-10(14)8(11)9-7-4-3-5-13(7)6-12-9/h8,10,12,14H,2-6,11H2,1H3.